The number of halogens is 3. The molecule has 0 aromatic heterocycles. The van der Waals surface area contributed by atoms with E-state index in [2.05, 4.69) is 5.32 Å². The molecule has 1 amide bonds. The molecule has 2 rings (SSSR count). The first-order chi connectivity index (χ1) is 9.90. The second-order valence-electron chi connectivity index (χ2n) is 4.86. The number of hydrogen-bond donors (Lipinski definition) is 1. The summed E-state index contributed by atoms with van der Waals surface area (Å²) >= 11 is 0. The van der Waals surface area contributed by atoms with Gasteiger partial charge in [0.15, 0.2) is 6.10 Å². The molecule has 0 spiro atoms. The Hall–Kier alpha value is -1.92. The van der Waals surface area contributed by atoms with Crippen LogP contribution in [0.2, 0.25) is 0 Å². The van der Waals surface area contributed by atoms with E-state index in [-0.39, 0.29) is 13.1 Å². The molecule has 0 saturated carbocycles. The number of para-hydroxylation sites is 2. The van der Waals surface area contributed by atoms with Gasteiger partial charge in [0.25, 0.3) is 5.91 Å². The van der Waals surface area contributed by atoms with Crippen LogP contribution in [0.25, 0.3) is 0 Å². The number of rotatable bonds is 4. The van der Waals surface area contributed by atoms with Gasteiger partial charge >= 0.3 is 6.18 Å². The molecule has 7 heteroatoms. The Morgan fingerprint density at radius 2 is 2.14 bits per heavy atom. The number of anilines is 1. The minimum absolute atomic E-state index is 0.0554. The normalized spacial score (nSPS) is 17.4. The second kappa shape index (κ2) is 6.24. The molecule has 1 aliphatic rings. The summed E-state index contributed by atoms with van der Waals surface area (Å²) in [4.78, 5) is 13.0. The van der Waals surface area contributed by atoms with Gasteiger partial charge in [-0.25, -0.2) is 0 Å². The summed E-state index contributed by atoms with van der Waals surface area (Å²) in [6, 6.07) is 7.02. The third kappa shape index (κ3) is 4.03. The number of benzene rings is 1. The molecule has 4 nitrogen and oxygen atoms in total. The number of carbonyl (C=O) groups is 1. The first kappa shape index (κ1) is 15.5. The third-order valence-electron chi connectivity index (χ3n) is 3.08. The molecule has 0 aliphatic carbocycles. The summed E-state index contributed by atoms with van der Waals surface area (Å²) in [5, 5.41) is 3.00. The highest BCUT2D eigenvalue weighted by Crippen LogP contribution is 2.29. The number of alkyl halides is 3. The van der Waals surface area contributed by atoms with E-state index < -0.39 is 24.7 Å². The van der Waals surface area contributed by atoms with Gasteiger partial charge in [0, 0.05) is 6.54 Å². The Bertz CT molecular complexity index is 505. The quantitative estimate of drug-likeness (QED) is 0.929. The Morgan fingerprint density at radius 1 is 1.43 bits per heavy atom. The van der Waals surface area contributed by atoms with Crippen LogP contribution in [0.4, 0.5) is 18.9 Å². The Morgan fingerprint density at radius 3 is 2.81 bits per heavy atom. The van der Waals surface area contributed by atoms with Gasteiger partial charge in [0.05, 0.1) is 12.2 Å². The van der Waals surface area contributed by atoms with E-state index in [0.717, 1.165) is 10.6 Å². The zero-order valence-corrected chi connectivity index (χ0v) is 11.6. The van der Waals surface area contributed by atoms with Crippen molar-refractivity contribution in [1.82, 2.24) is 4.90 Å². The van der Waals surface area contributed by atoms with Crippen LogP contribution >= 0.6 is 0 Å². The zero-order chi connectivity index (χ0) is 15.5. The summed E-state index contributed by atoms with van der Waals surface area (Å²) in [5.41, 5.74) is 0.736. The number of amides is 1. The molecule has 1 atom stereocenters. The van der Waals surface area contributed by atoms with Gasteiger partial charge in [-0.15, -0.1) is 0 Å². The van der Waals surface area contributed by atoms with Crippen LogP contribution in [0, 0.1) is 0 Å². The summed E-state index contributed by atoms with van der Waals surface area (Å²) in [6.07, 6.45) is -4.89. The molecule has 21 heavy (non-hydrogen) atoms. The molecule has 1 unspecified atom stereocenters. The Kier molecular flexibility index (Phi) is 4.59. The van der Waals surface area contributed by atoms with Crippen molar-refractivity contribution in [2.45, 2.75) is 25.6 Å². The van der Waals surface area contributed by atoms with E-state index in [0.29, 0.717) is 12.2 Å². The molecular weight excluding hydrogens is 285 g/mol. The zero-order valence-electron chi connectivity index (χ0n) is 11.6. The summed E-state index contributed by atoms with van der Waals surface area (Å²) in [5.74, 6) is -0.165. The molecule has 0 fully saturated rings. The fourth-order valence-corrected chi connectivity index (χ4v) is 2.21. The average molecular weight is 302 g/mol. The summed E-state index contributed by atoms with van der Waals surface area (Å²) < 4.78 is 43.2. The van der Waals surface area contributed by atoms with Crippen LogP contribution in [0.15, 0.2) is 24.3 Å². The SMILES string of the molecule is CCCN(CC(F)(F)F)C(=O)C1CNc2ccccc2O1. The van der Waals surface area contributed by atoms with Crippen LogP contribution in [0.5, 0.6) is 5.75 Å². The lowest BCUT2D eigenvalue weighted by molar-refractivity contribution is -0.165. The lowest BCUT2D eigenvalue weighted by atomic mass is 10.2. The van der Waals surface area contributed by atoms with Gasteiger partial charge in [0.1, 0.15) is 12.3 Å². The molecule has 116 valence electrons. The van der Waals surface area contributed by atoms with Crippen molar-refractivity contribution >= 4 is 11.6 Å². The molecular formula is C14H17F3N2O2. The van der Waals surface area contributed by atoms with Crippen LogP contribution in [-0.4, -0.2) is 42.7 Å². The monoisotopic (exact) mass is 302 g/mol. The molecule has 1 N–H and O–H groups in total. The highest BCUT2D eigenvalue weighted by atomic mass is 19.4. The number of hydrogen-bond acceptors (Lipinski definition) is 3. The number of fused-ring (bicyclic) bond motifs is 1. The van der Waals surface area contributed by atoms with Crippen molar-refractivity contribution in [2.24, 2.45) is 0 Å². The van der Waals surface area contributed by atoms with E-state index in [4.69, 9.17) is 4.74 Å². The predicted molar refractivity (Wildman–Crippen MR) is 72.3 cm³/mol. The van der Waals surface area contributed by atoms with Gasteiger partial charge in [-0.3, -0.25) is 4.79 Å². The minimum atomic E-state index is -4.41. The van der Waals surface area contributed by atoms with Crippen LogP contribution in [0.3, 0.4) is 0 Å². The van der Waals surface area contributed by atoms with Crippen molar-refractivity contribution in [3.05, 3.63) is 24.3 Å². The van der Waals surface area contributed by atoms with Gasteiger partial charge in [-0.2, -0.15) is 13.2 Å². The minimum Gasteiger partial charge on any atom is -0.477 e. The number of nitrogens with zero attached hydrogens (tertiary/aromatic N) is 1. The van der Waals surface area contributed by atoms with Crippen LogP contribution in [-0.2, 0) is 4.79 Å². The van der Waals surface area contributed by atoms with Crippen molar-refractivity contribution in [3.8, 4) is 5.75 Å². The number of ether oxygens (including phenoxy) is 1. The van der Waals surface area contributed by atoms with Gasteiger partial charge < -0.3 is 15.0 Å². The summed E-state index contributed by atoms with van der Waals surface area (Å²) in [7, 11) is 0. The van der Waals surface area contributed by atoms with Crippen molar-refractivity contribution in [2.75, 3.05) is 25.0 Å². The highest BCUT2D eigenvalue weighted by Gasteiger charge is 2.36. The Labute approximate surface area is 120 Å². The third-order valence-corrected chi connectivity index (χ3v) is 3.08. The van der Waals surface area contributed by atoms with Crippen molar-refractivity contribution in [3.63, 3.8) is 0 Å². The maximum atomic E-state index is 12.5. The fourth-order valence-electron chi connectivity index (χ4n) is 2.21. The summed E-state index contributed by atoms with van der Waals surface area (Å²) in [6.45, 7) is 0.695. The standard InChI is InChI=1S/C14H17F3N2O2/c1-2-7-19(9-14(15,16)17)13(20)12-8-18-10-5-3-4-6-11(10)21-12/h3-6,12,18H,2,7-9H2,1H3. The maximum absolute atomic E-state index is 12.5. The predicted octanol–water partition coefficient (Wildman–Crippen LogP) is 2.66. The number of nitrogens with one attached hydrogen (secondary N) is 1. The van der Waals surface area contributed by atoms with E-state index >= 15 is 0 Å². The van der Waals surface area contributed by atoms with E-state index in [1.165, 1.54) is 0 Å². The molecule has 0 bridgehead atoms. The lowest BCUT2D eigenvalue weighted by Crippen LogP contribution is -2.49. The maximum Gasteiger partial charge on any atom is 0.406 e. The molecule has 1 heterocycles. The second-order valence-corrected chi connectivity index (χ2v) is 4.86. The van der Waals surface area contributed by atoms with Gasteiger partial charge in [0.2, 0.25) is 0 Å². The average Bonchev–Trinajstić information content (AvgIpc) is 2.44. The number of carbonyl (C=O) groups excluding carboxylic acids is 1. The molecule has 1 aliphatic heterocycles. The van der Waals surface area contributed by atoms with Crippen molar-refractivity contribution in [1.29, 1.82) is 0 Å². The first-order valence-corrected chi connectivity index (χ1v) is 6.76. The molecule has 0 radical (unpaired) electrons. The molecule has 1 aromatic carbocycles. The largest absolute Gasteiger partial charge is 0.477 e. The molecule has 1 aromatic rings. The highest BCUT2D eigenvalue weighted by molar-refractivity contribution is 5.83. The van der Waals surface area contributed by atoms with Crippen LogP contribution in [0.1, 0.15) is 13.3 Å². The fraction of sp³-hybridized carbons (Fsp3) is 0.500. The Balaban J connectivity index is 2.08. The van der Waals surface area contributed by atoms with Crippen LogP contribution < -0.4 is 10.1 Å². The van der Waals surface area contributed by atoms with E-state index in [1.807, 2.05) is 6.07 Å². The lowest BCUT2D eigenvalue weighted by Gasteiger charge is -2.31. The molecule has 0 saturated heterocycles. The van der Waals surface area contributed by atoms with E-state index in [9.17, 15) is 18.0 Å². The van der Waals surface area contributed by atoms with Gasteiger partial charge in [-0.1, -0.05) is 19.1 Å². The first-order valence-electron chi connectivity index (χ1n) is 6.76. The smallest absolute Gasteiger partial charge is 0.406 e. The van der Waals surface area contributed by atoms with Gasteiger partial charge in [-0.05, 0) is 18.6 Å². The van der Waals surface area contributed by atoms with Crippen molar-refractivity contribution < 1.29 is 22.7 Å². The van der Waals surface area contributed by atoms with E-state index in [1.54, 1.807) is 25.1 Å². The topological polar surface area (TPSA) is 41.6 Å².